The van der Waals surface area contributed by atoms with E-state index in [4.69, 9.17) is 0 Å². The Morgan fingerprint density at radius 1 is 1.19 bits per heavy atom. The van der Waals surface area contributed by atoms with E-state index in [-0.39, 0.29) is 29.7 Å². The van der Waals surface area contributed by atoms with Crippen LogP contribution in [0.1, 0.15) is 0 Å². The molecule has 0 amide bonds. The Hall–Kier alpha value is -0.480. The first-order valence-electron chi connectivity index (χ1n) is 6.31. The van der Waals surface area contributed by atoms with E-state index in [9.17, 15) is 8.42 Å². The highest BCUT2D eigenvalue weighted by Gasteiger charge is 2.02. The largest absolute Gasteiger partial charge is 0.356 e. The van der Waals surface area contributed by atoms with Crippen molar-refractivity contribution in [1.29, 1.82) is 0 Å². The highest BCUT2D eigenvalue weighted by Crippen LogP contribution is 2.15. The van der Waals surface area contributed by atoms with Gasteiger partial charge in [-0.1, -0.05) is 18.2 Å². The van der Waals surface area contributed by atoms with E-state index in [0.717, 1.165) is 12.3 Å². The highest BCUT2D eigenvalue weighted by atomic mass is 127. The zero-order chi connectivity index (χ0) is 14.8. The van der Waals surface area contributed by atoms with Crippen molar-refractivity contribution in [3.63, 3.8) is 0 Å². The molecule has 0 radical (unpaired) electrons. The third-order valence-electron chi connectivity index (χ3n) is 2.40. The lowest BCUT2D eigenvalue weighted by molar-refractivity contribution is 0.600. The molecule has 1 aromatic carbocycles. The average Bonchev–Trinajstić information content (AvgIpc) is 2.41. The summed E-state index contributed by atoms with van der Waals surface area (Å²) in [5.74, 6) is 1.64. The molecule has 0 fully saturated rings. The summed E-state index contributed by atoms with van der Waals surface area (Å²) in [4.78, 5) is 5.27. The van der Waals surface area contributed by atoms with E-state index >= 15 is 0 Å². The molecule has 0 aliphatic heterocycles. The maximum atomic E-state index is 11.0. The summed E-state index contributed by atoms with van der Waals surface area (Å²) in [5.41, 5.74) is 0. The molecule has 0 atom stereocenters. The van der Waals surface area contributed by atoms with Crippen molar-refractivity contribution in [3.8, 4) is 0 Å². The summed E-state index contributed by atoms with van der Waals surface area (Å²) in [6, 6.07) is 10.2. The molecule has 0 spiro atoms. The summed E-state index contributed by atoms with van der Waals surface area (Å²) in [7, 11) is -1.27. The summed E-state index contributed by atoms with van der Waals surface area (Å²) in [6.07, 6.45) is 1.22. The normalized spacial score (nSPS) is 11.6. The van der Waals surface area contributed by atoms with Gasteiger partial charge in [0.2, 0.25) is 0 Å². The van der Waals surface area contributed by atoms with Gasteiger partial charge < -0.3 is 10.6 Å². The van der Waals surface area contributed by atoms with Crippen molar-refractivity contribution in [3.05, 3.63) is 30.3 Å². The van der Waals surface area contributed by atoms with Gasteiger partial charge in [-0.15, -0.1) is 35.7 Å². The number of nitrogens with one attached hydrogen (secondary N) is 2. The zero-order valence-electron chi connectivity index (χ0n) is 12.2. The van der Waals surface area contributed by atoms with Crippen molar-refractivity contribution in [2.75, 3.05) is 37.9 Å². The fourth-order valence-corrected chi connectivity index (χ4v) is 2.69. The predicted octanol–water partition coefficient (Wildman–Crippen LogP) is 1.61. The molecule has 1 aromatic rings. The van der Waals surface area contributed by atoms with Crippen molar-refractivity contribution in [2.24, 2.45) is 4.99 Å². The van der Waals surface area contributed by atoms with Crippen molar-refractivity contribution in [1.82, 2.24) is 10.6 Å². The predicted molar refractivity (Wildman–Crippen MR) is 102 cm³/mol. The van der Waals surface area contributed by atoms with Crippen LogP contribution in [-0.4, -0.2) is 52.3 Å². The Bertz CT molecular complexity index is 521. The molecule has 120 valence electrons. The van der Waals surface area contributed by atoms with E-state index in [2.05, 4.69) is 27.8 Å². The molecule has 0 saturated heterocycles. The molecule has 5 nitrogen and oxygen atoms in total. The number of nitrogens with zero attached hydrogens (tertiary/aromatic N) is 1. The van der Waals surface area contributed by atoms with Gasteiger partial charge in [-0.25, -0.2) is 8.42 Å². The van der Waals surface area contributed by atoms with Crippen LogP contribution in [0.5, 0.6) is 0 Å². The lowest BCUT2D eigenvalue weighted by Crippen LogP contribution is -2.40. The van der Waals surface area contributed by atoms with E-state index < -0.39 is 9.84 Å². The van der Waals surface area contributed by atoms with Crippen LogP contribution in [0.15, 0.2) is 40.2 Å². The number of thioether (sulfide) groups is 1. The average molecular weight is 443 g/mol. The number of hydrogen-bond donors (Lipinski definition) is 2. The lowest BCUT2D eigenvalue weighted by atomic mass is 10.4. The molecule has 0 aromatic heterocycles. The fourth-order valence-electron chi connectivity index (χ4n) is 1.43. The van der Waals surface area contributed by atoms with Gasteiger partial charge in [0, 0.05) is 37.0 Å². The number of halogens is 1. The van der Waals surface area contributed by atoms with Gasteiger partial charge in [-0.2, -0.15) is 0 Å². The Morgan fingerprint density at radius 3 is 2.38 bits per heavy atom. The van der Waals surface area contributed by atoms with Crippen LogP contribution >= 0.6 is 35.7 Å². The van der Waals surface area contributed by atoms with E-state index in [1.54, 1.807) is 18.8 Å². The number of sulfone groups is 1. The van der Waals surface area contributed by atoms with Crippen LogP contribution in [0, 0.1) is 0 Å². The summed E-state index contributed by atoms with van der Waals surface area (Å²) in [6.45, 7) is 1.13. The second kappa shape index (κ2) is 11.1. The molecule has 0 unspecified atom stereocenters. The minimum atomic E-state index is -2.94. The van der Waals surface area contributed by atoms with Gasteiger partial charge in [-0.3, -0.25) is 4.99 Å². The van der Waals surface area contributed by atoms with Crippen molar-refractivity contribution in [2.45, 2.75) is 4.90 Å². The molecule has 21 heavy (non-hydrogen) atoms. The number of aliphatic imine (C=N–C) groups is 1. The Balaban J connectivity index is 0.00000400. The van der Waals surface area contributed by atoms with Crippen LogP contribution in [0.2, 0.25) is 0 Å². The second-order valence-electron chi connectivity index (χ2n) is 4.22. The van der Waals surface area contributed by atoms with E-state index in [1.807, 2.05) is 18.2 Å². The first-order chi connectivity index (χ1) is 9.51. The molecule has 0 saturated carbocycles. The van der Waals surface area contributed by atoms with Crippen LogP contribution in [0.3, 0.4) is 0 Å². The van der Waals surface area contributed by atoms with E-state index in [0.29, 0.717) is 12.5 Å². The molecule has 1 rings (SSSR count). The Labute approximate surface area is 148 Å². The standard InChI is InChI=1S/C13H21N3O2S2.HI/c1-14-13(16-9-11-20(2,17)18)15-8-10-19-12-6-4-3-5-7-12;/h3-7H,8-11H2,1-2H3,(H2,14,15,16);1H. The van der Waals surface area contributed by atoms with Gasteiger partial charge in [-0.05, 0) is 12.1 Å². The quantitative estimate of drug-likeness (QED) is 0.220. The monoisotopic (exact) mass is 443 g/mol. The number of benzene rings is 1. The summed E-state index contributed by atoms with van der Waals surface area (Å²) in [5, 5.41) is 6.12. The van der Waals surface area contributed by atoms with Gasteiger partial charge in [0.15, 0.2) is 5.96 Å². The topological polar surface area (TPSA) is 70.6 Å². The fraction of sp³-hybridized carbons (Fsp3) is 0.462. The van der Waals surface area contributed by atoms with Crippen LogP contribution in [0.25, 0.3) is 0 Å². The van der Waals surface area contributed by atoms with Crippen LogP contribution < -0.4 is 10.6 Å². The van der Waals surface area contributed by atoms with Gasteiger partial charge >= 0.3 is 0 Å². The third kappa shape index (κ3) is 10.8. The number of hydrogen-bond acceptors (Lipinski definition) is 4. The molecule has 0 aliphatic rings. The zero-order valence-corrected chi connectivity index (χ0v) is 16.2. The highest BCUT2D eigenvalue weighted by molar-refractivity contribution is 14.0. The molecule has 8 heteroatoms. The second-order valence-corrected chi connectivity index (χ2v) is 7.65. The van der Waals surface area contributed by atoms with E-state index in [1.165, 1.54) is 11.2 Å². The van der Waals surface area contributed by atoms with Gasteiger partial charge in [0.05, 0.1) is 5.75 Å². The van der Waals surface area contributed by atoms with Crippen molar-refractivity contribution < 1.29 is 8.42 Å². The van der Waals surface area contributed by atoms with Crippen LogP contribution in [0.4, 0.5) is 0 Å². The molecule has 0 aliphatic carbocycles. The molecule has 0 bridgehead atoms. The molecular weight excluding hydrogens is 421 g/mol. The van der Waals surface area contributed by atoms with Crippen LogP contribution in [-0.2, 0) is 9.84 Å². The molecule has 0 heterocycles. The number of guanidine groups is 1. The Kier molecular flexibility index (Phi) is 10.9. The minimum absolute atomic E-state index is 0. The maximum absolute atomic E-state index is 11.0. The summed E-state index contributed by atoms with van der Waals surface area (Å²) < 4.78 is 22.0. The first kappa shape index (κ1) is 20.5. The lowest BCUT2D eigenvalue weighted by Gasteiger charge is -2.11. The number of rotatable bonds is 7. The van der Waals surface area contributed by atoms with Gasteiger partial charge in [0.1, 0.15) is 9.84 Å². The SMILES string of the molecule is CN=C(NCCSc1ccccc1)NCCS(C)(=O)=O.I. The molecular formula is C13H22IN3O2S2. The minimum Gasteiger partial charge on any atom is -0.356 e. The Morgan fingerprint density at radius 2 is 1.81 bits per heavy atom. The van der Waals surface area contributed by atoms with Gasteiger partial charge in [0.25, 0.3) is 0 Å². The first-order valence-corrected chi connectivity index (χ1v) is 9.36. The maximum Gasteiger partial charge on any atom is 0.191 e. The smallest absolute Gasteiger partial charge is 0.191 e. The molecule has 2 N–H and O–H groups in total. The van der Waals surface area contributed by atoms with Crippen molar-refractivity contribution >= 4 is 51.5 Å². The third-order valence-corrected chi connectivity index (χ3v) is 4.35. The summed E-state index contributed by atoms with van der Waals surface area (Å²) >= 11 is 1.76.